The minimum absolute atomic E-state index is 0.135. The molecule has 112 valence electrons. The predicted octanol–water partition coefficient (Wildman–Crippen LogP) is 2.25. The maximum Gasteiger partial charge on any atom is 0.223 e. The Morgan fingerprint density at radius 2 is 2.23 bits per heavy atom. The molecule has 0 saturated heterocycles. The van der Waals surface area contributed by atoms with Gasteiger partial charge in [-0.25, -0.2) is 9.50 Å². The summed E-state index contributed by atoms with van der Waals surface area (Å²) >= 11 is 1.57. The maximum absolute atomic E-state index is 12.2. The van der Waals surface area contributed by atoms with Gasteiger partial charge in [0.25, 0.3) is 0 Å². The first kappa shape index (κ1) is 13.5. The fraction of sp³-hybridized carbons (Fsp3) is 0.312. The summed E-state index contributed by atoms with van der Waals surface area (Å²) in [5.74, 6) is 0.694. The molecule has 1 aromatic carbocycles. The van der Waals surface area contributed by atoms with Gasteiger partial charge in [-0.05, 0) is 17.9 Å². The van der Waals surface area contributed by atoms with Gasteiger partial charge in [-0.15, -0.1) is 11.3 Å². The van der Waals surface area contributed by atoms with Crippen LogP contribution in [0.15, 0.2) is 42.0 Å². The van der Waals surface area contributed by atoms with Crippen LogP contribution >= 0.6 is 11.3 Å². The number of thiazole rings is 1. The highest BCUT2D eigenvalue weighted by atomic mass is 32.1. The quantitative estimate of drug-likeness (QED) is 0.786. The van der Waals surface area contributed by atoms with Crippen LogP contribution in [0.1, 0.15) is 23.6 Å². The highest BCUT2D eigenvalue weighted by molar-refractivity contribution is 7.15. The summed E-state index contributed by atoms with van der Waals surface area (Å²) in [6.07, 6.45) is 3.29. The number of amides is 1. The van der Waals surface area contributed by atoms with Gasteiger partial charge >= 0.3 is 0 Å². The van der Waals surface area contributed by atoms with Crippen molar-refractivity contribution in [3.63, 3.8) is 0 Å². The van der Waals surface area contributed by atoms with Crippen LogP contribution in [0.25, 0.3) is 4.96 Å². The second kappa shape index (κ2) is 5.53. The molecular formula is C16H16N4OS. The number of fused-ring (bicyclic) bond motifs is 1. The van der Waals surface area contributed by atoms with E-state index in [1.54, 1.807) is 17.7 Å². The molecule has 1 aliphatic rings. The van der Waals surface area contributed by atoms with Gasteiger partial charge in [0.05, 0.1) is 5.69 Å². The van der Waals surface area contributed by atoms with Crippen molar-refractivity contribution in [2.75, 3.05) is 6.54 Å². The zero-order valence-electron chi connectivity index (χ0n) is 12.0. The third kappa shape index (κ3) is 2.50. The van der Waals surface area contributed by atoms with E-state index < -0.39 is 0 Å². The number of hydrogen-bond donors (Lipinski definition) is 1. The molecule has 2 aromatic heterocycles. The first-order valence-electron chi connectivity index (χ1n) is 7.41. The minimum Gasteiger partial charge on any atom is -0.355 e. The molecule has 1 saturated carbocycles. The van der Waals surface area contributed by atoms with E-state index in [1.807, 2.05) is 28.1 Å². The third-order valence-electron chi connectivity index (χ3n) is 4.12. The first-order chi connectivity index (χ1) is 10.8. The van der Waals surface area contributed by atoms with Crippen LogP contribution in [0.5, 0.6) is 0 Å². The van der Waals surface area contributed by atoms with Crippen LogP contribution in [0.4, 0.5) is 0 Å². The molecule has 0 aliphatic heterocycles. The van der Waals surface area contributed by atoms with Crippen molar-refractivity contribution in [1.82, 2.24) is 19.9 Å². The lowest BCUT2D eigenvalue weighted by molar-refractivity contribution is -0.122. The number of rotatable bonds is 5. The Hall–Kier alpha value is -2.21. The van der Waals surface area contributed by atoms with E-state index >= 15 is 0 Å². The van der Waals surface area contributed by atoms with Gasteiger partial charge in [0.1, 0.15) is 6.33 Å². The number of carbonyl (C=O) groups excluding carboxylic acids is 1. The second-order valence-corrected chi connectivity index (χ2v) is 6.42. The van der Waals surface area contributed by atoms with E-state index in [0.717, 1.165) is 23.5 Å². The molecule has 0 radical (unpaired) electrons. The number of nitrogens with one attached hydrogen (secondary N) is 1. The highest BCUT2D eigenvalue weighted by Gasteiger charge is 2.43. The van der Waals surface area contributed by atoms with Gasteiger partial charge < -0.3 is 5.32 Å². The summed E-state index contributed by atoms with van der Waals surface area (Å²) in [5, 5.41) is 9.27. The Kier molecular flexibility index (Phi) is 3.38. The molecule has 1 aliphatic carbocycles. The molecule has 1 N–H and O–H groups in total. The molecule has 22 heavy (non-hydrogen) atoms. The van der Waals surface area contributed by atoms with Crippen molar-refractivity contribution in [2.24, 2.45) is 5.92 Å². The summed E-state index contributed by atoms with van der Waals surface area (Å²) in [6.45, 7) is 0.641. The Morgan fingerprint density at radius 3 is 3.09 bits per heavy atom. The molecule has 2 heterocycles. The van der Waals surface area contributed by atoms with Crippen LogP contribution in [0.2, 0.25) is 0 Å². The van der Waals surface area contributed by atoms with E-state index in [-0.39, 0.29) is 11.8 Å². The standard InChI is InChI=1S/C16H16N4OS/c21-15(14-8-13(14)11-4-2-1-3-5-11)17-7-6-12-9-22-16-18-10-19-20(12)16/h1-5,9-10,13-14H,6-8H2,(H,17,21). The lowest BCUT2D eigenvalue weighted by Crippen LogP contribution is -2.27. The Morgan fingerprint density at radius 1 is 1.36 bits per heavy atom. The normalized spacial score (nSPS) is 20.2. The van der Waals surface area contributed by atoms with Gasteiger partial charge in [-0.2, -0.15) is 5.10 Å². The Balaban J connectivity index is 1.30. The van der Waals surface area contributed by atoms with E-state index in [2.05, 4.69) is 27.5 Å². The fourth-order valence-electron chi connectivity index (χ4n) is 2.84. The van der Waals surface area contributed by atoms with E-state index in [0.29, 0.717) is 12.5 Å². The average Bonchev–Trinajstić information content (AvgIpc) is 3.06. The van der Waals surface area contributed by atoms with Crippen LogP contribution < -0.4 is 5.32 Å². The summed E-state index contributed by atoms with van der Waals surface area (Å²) < 4.78 is 1.83. The lowest BCUT2D eigenvalue weighted by atomic mass is 10.1. The Bertz CT molecular complexity index is 795. The zero-order chi connectivity index (χ0) is 14.9. The SMILES string of the molecule is O=C(NCCc1csc2ncnn12)C1CC1c1ccccc1. The lowest BCUT2D eigenvalue weighted by Gasteiger charge is -2.04. The smallest absolute Gasteiger partial charge is 0.223 e. The van der Waals surface area contributed by atoms with Crippen molar-refractivity contribution in [2.45, 2.75) is 18.8 Å². The van der Waals surface area contributed by atoms with Crippen LogP contribution in [0, 0.1) is 5.92 Å². The molecule has 1 fully saturated rings. The highest BCUT2D eigenvalue weighted by Crippen LogP contribution is 2.47. The van der Waals surface area contributed by atoms with Crippen molar-refractivity contribution < 1.29 is 4.79 Å². The molecular weight excluding hydrogens is 296 g/mol. The minimum atomic E-state index is 0.135. The van der Waals surface area contributed by atoms with Crippen molar-refractivity contribution in [3.05, 3.63) is 53.3 Å². The number of nitrogens with zero attached hydrogens (tertiary/aromatic N) is 3. The van der Waals surface area contributed by atoms with Crippen molar-refractivity contribution >= 4 is 22.2 Å². The van der Waals surface area contributed by atoms with Crippen molar-refractivity contribution in [1.29, 1.82) is 0 Å². The molecule has 0 spiro atoms. The fourth-order valence-corrected chi connectivity index (χ4v) is 3.67. The number of benzene rings is 1. The topological polar surface area (TPSA) is 59.3 Å². The molecule has 6 heteroatoms. The number of hydrogen-bond acceptors (Lipinski definition) is 4. The monoisotopic (exact) mass is 312 g/mol. The zero-order valence-corrected chi connectivity index (χ0v) is 12.8. The molecule has 4 rings (SSSR count). The van der Waals surface area contributed by atoms with Gasteiger partial charge in [0.2, 0.25) is 10.9 Å². The number of carbonyl (C=O) groups is 1. The van der Waals surface area contributed by atoms with Gasteiger partial charge in [-0.3, -0.25) is 4.79 Å². The summed E-state index contributed by atoms with van der Waals surface area (Å²) in [4.78, 5) is 17.2. The first-order valence-corrected chi connectivity index (χ1v) is 8.29. The summed E-state index contributed by atoms with van der Waals surface area (Å²) in [7, 11) is 0. The summed E-state index contributed by atoms with van der Waals surface area (Å²) in [5.41, 5.74) is 2.36. The molecule has 2 unspecified atom stereocenters. The summed E-state index contributed by atoms with van der Waals surface area (Å²) in [6, 6.07) is 10.3. The van der Waals surface area contributed by atoms with Gasteiger partial charge in [-0.1, -0.05) is 30.3 Å². The third-order valence-corrected chi connectivity index (χ3v) is 5.00. The average molecular weight is 312 g/mol. The molecule has 5 nitrogen and oxygen atoms in total. The van der Waals surface area contributed by atoms with Gasteiger partial charge in [0, 0.05) is 24.3 Å². The van der Waals surface area contributed by atoms with Crippen LogP contribution in [-0.4, -0.2) is 27.0 Å². The largest absolute Gasteiger partial charge is 0.355 e. The van der Waals surface area contributed by atoms with E-state index in [1.165, 1.54) is 5.56 Å². The van der Waals surface area contributed by atoms with Gasteiger partial charge in [0.15, 0.2) is 0 Å². The molecule has 1 amide bonds. The van der Waals surface area contributed by atoms with E-state index in [9.17, 15) is 4.79 Å². The second-order valence-electron chi connectivity index (χ2n) is 5.58. The molecule has 2 atom stereocenters. The molecule has 3 aromatic rings. The van der Waals surface area contributed by atoms with Crippen LogP contribution in [0.3, 0.4) is 0 Å². The Labute approximate surface area is 132 Å². The maximum atomic E-state index is 12.2. The molecule has 0 bridgehead atoms. The van der Waals surface area contributed by atoms with Crippen molar-refractivity contribution in [3.8, 4) is 0 Å². The number of aromatic nitrogens is 3. The van der Waals surface area contributed by atoms with E-state index in [4.69, 9.17) is 0 Å². The van der Waals surface area contributed by atoms with Crippen LogP contribution in [-0.2, 0) is 11.2 Å². The predicted molar refractivity (Wildman–Crippen MR) is 84.9 cm³/mol.